The lowest BCUT2D eigenvalue weighted by molar-refractivity contribution is 0.483. The number of ether oxygens (including phenoxy) is 1. The molecule has 5 rings (SSSR count). The number of rotatable bonds is 3. The summed E-state index contributed by atoms with van der Waals surface area (Å²) >= 11 is 0. The summed E-state index contributed by atoms with van der Waals surface area (Å²) in [7, 11) is 0. The Labute approximate surface area is 158 Å². The average Bonchev–Trinajstić information content (AvgIpc) is 2.75. The second-order valence-corrected chi connectivity index (χ2v) is 6.63. The Bertz CT molecular complexity index is 1220. The molecule has 0 atom stereocenters. The van der Waals surface area contributed by atoms with Crippen molar-refractivity contribution >= 4 is 21.5 Å². The summed E-state index contributed by atoms with van der Waals surface area (Å²) in [6.45, 7) is 0. The highest BCUT2D eigenvalue weighted by molar-refractivity contribution is 6.13. The molecule has 5 aromatic carbocycles. The van der Waals surface area contributed by atoms with Crippen LogP contribution >= 0.6 is 0 Å². The average molecular weight is 346 g/mol. The molecule has 5 aromatic rings. The monoisotopic (exact) mass is 346 g/mol. The third kappa shape index (κ3) is 2.94. The van der Waals surface area contributed by atoms with Crippen molar-refractivity contribution < 1.29 is 4.74 Å². The first kappa shape index (κ1) is 15.7. The summed E-state index contributed by atoms with van der Waals surface area (Å²) in [5.41, 5.74) is 2.44. The summed E-state index contributed by atoms with van der Waals surface area (Å²) < 4.78 is 5.93. The van der Waals surface area contributed by atoms with Crippen LogP contribution in [0.4, 0.5) is 0 Å². The Balaban J connectivity index is 1.60. The first-order valence-electron chi connectivity index (χ1n) is 9.12. The van der Waals surface area contributed by atoms with Crippen molar-refractivity contribution in [3.8, 4) is 22.6 Å². The minimum atomic E-state index is 0.843. The molecule has 0 unspecified atom stereocenters. The van der Waals surface area contributed by atoms with Crippen LogP contribution in [0, 0.1) is 0 Å². The highest BCUT2D eigenvalue weighted by Gasteiger charge is 2.08. The van der Waals surface area contributed by atoms with Crippen LogP contribution in [0.5, 0.6) is 11.5 Å². The molecular formula is C26H18O. The fourth-order valence-corrected chi connectivity index (χ4v) is 3.62. The summed E-state index contributed by atoms with van der Waals surface area (Å²) in [5.74, 6) is 1.69. The van der Waals surface area contributed by atoms with E-state index in [0.29, 0.717) is 0 Å². The van der Waals surface area contributed by atoms with E-state index in [1.165, 1.54) is 32.7 Å². The van der Waals surface area contributed by atoms with Gasteiger partial charge in [0.1, 0.15) is 11.5 Å². The zero-order valence-corrected chi connectivity index (χ0v) is 14.8. The second-order valence-electron chi connectivity index (χ2n) is 6.63. The number of fused-ring (bicyclic) bond motifs is 3. The van der Waals surface area contributed by atoms with Gasteiger partial charge in [-0.2, -0.15) is 0 Å². The highest BCUT2D eigenvalue weighted by atomic mass is 16.5. The van der Waals surface area contributed by atoms with Gasteiger partial charge < -0.3 is 4.74 Å². The maximum atomic E-state index is 5.93. The van der Waals surface area contributed by atoms with Gasteiger partial charge in [0.25, 0.3) is 0 Å². The molecule has 0 fully saturated rings. The van der Waals surface area contributed by atoms with E-state index in [9.17, 15) is 0 Å². The Hall–Kier alpha value is -3.58. The molecule has 0 heterocycles. The van der Waals surface area contributed by atoms with Crippen molar-refractivity contribution in [2.24, 2.45) is 0 Å². The van der Waals surface area contributed by atoms with E-state index in [1.807, 2.05) is 42.5 Å². The smallest absolute Gasteiger partial charge is 0.127 e. The molecule has 0 aliphatic rings. The van der Waals surface area contributed by atoms with E-state index in [2.05, 4.69) is 66.7 Å². The van der Waals surface area contributed by atoms with Crippen LogP contribution in [0.15, 0.2) is 109 Å². The van der Waals surface area contributed by atoms with Crippen molar-refractivity contribution in [2.45, 2.75) is 0 Å². The van der Waals surface area contributed by atoms with Crippen LogP contribution in [0.3, 0.4) is 0 Å². The minimum Gasteiger partial charge on any atom is -0.457 e. The Morgan fingerprint density at radius 2 is 1.04 bits per heavy atom. The van der Waals surface area contributed by atoms with Crippen molar-refractivity contribution in [1.29, 1.82) is 0 Å². The van der Waals surface area contributed by atoms with Crippen molar-refractivity contribution in [1.82, 2.24) is 0 Å². The van der Waals surface area contributed by atoms with Gasteiger partial charge in [-0.15, -0.1) is 0 Å². The molecule has 128 valence electrons. The van der Waals surface area contributed by atoms with Crippen LogP contribution in [-0.4, -0.2) is 0 Å². The maximum Gasteiger partial charge on any atom is 0.127 e. The quantitative estimate of drug-likeness (QED) is 0.308. The van der Waals surface area contributed by atoms with Gasteiger partial charge in [-0.25, -0.2) is 0 Å². The third-order valence-corrected chi connectivity index (χ3v) is 4.91. The summed E-state index contributed by atoms with van der Waals surface area (Å²) in [6, 6.07) is 37.7. The van der Waals surface area contributed by atoms with Crippen LogP contribution in [0.2, 0.25) is 0 Å². The van der Waals surface area contributed by atoms with E-state index >= 15 is 0 Å². The zero-order chi connectivity index (χ0) is 18.1. The predicted octanol–water partition coefficient (Wildman–Crippen LogP) is 7.45. The molecule has 0 aliphatic carbocycles. The number of para-hydroxylation sites is 1. The summed E-state index contributed by atoms with van der Waals surface area (Å²) in [6.07, 6.45) is 0. The largest absolute Gasteiger partial charge is 0.457 e. The molecule has 27 heavy (non-hydrogen) atoms. The van der Waals surface area contributed by atoms with E-state index in [-0.39, 0.29) is 0 Å². The van der Waals surface area contributed by atoms with Gasteiger partial charge in [-0.1, -0.05) is 78.9 Å². The fourth-order valence-electron chi connectivity index (χ4n) is 3.62. The Morgan fingerprint density at radius 1 is 0.444 bits per heavy atom. The molecule has 0 radical (unpaired) electrons. The van der Waals surface area contributed by atoms with Crippen LogP contribution in [0.25, 0.3) is 32.7 Å². The molecule has 0 bridgehead atoms. The third-order valence-electron chi connectivity index (χ3n) is 4.91. The zero-order valence-electron chi connectivity index (χ0n) is 14.8. The highest BCUT2D eigenvalue weighted by Crippen LogP contribution is 2.35. The SMILES string of the molecule is c1ccc(Oc2ccc(-c3cc4ccccc4c4ccccc34)cc2)cc1. The van der Waals surface area contributed by atoms with Gasteiger partial charge in [0.05, 0.1) is 0 Å². The van der Waals surface area contributed by atoms with Gasteiger partial charge >= 0.3 is 0 Å². The molecule has 0 aromatic heterocycles. The Kier molecular flexibility index (Phi) is 3.84. The Morgan fingerprint density at radius 3 is 1.81 bits per heavy atom. The molecule has 0 N–H and O–H groups in total. The predicted molar refractivity (Wildman–Crippen MR) is 113 cm³/mol. The number of benzene rings is 5. The summed E-state index contributed by atoms with van der Waals surface area (Å²) in [4.78, 5) is 0. The van der Waals surface area contributed by atoms with Gasteiger partial charge in [0, 0.05) is 0 Å². The van der Waals surface area contributed by atoms with E-state index in [1.54, 1.807) is 0 Å². The molecule has 0 saturated carbocycles. The number of hydrogen-bond acceptors (Lipinski definition) is 1. The first-order valence-corrected chi connectivity index (χ1v) is 9.12. The van der Waals surface area contributed by atoms with Crippen molar-refractivity contribution in [3.05, 3.63) is 109 Å². The molecular weight excluding hydrogens is 328 g/mol. The maximum absolute atomic E-state index is 5.93. The summed E-state index contributed by atoms with van der Waals surface area (Å²) in [5, 5.41) is 5.11. The van der Waals surface area contributed by atoms with Gasteiger partial charge in [0.15, 0.2) is 0 Å². The standard InChI is InChI=1S/C26H18O/c1-2-9-21(10-3-1)27-22-16-14-19(15-17-22)26-18-20-8-4-5-11-23(20)24-12-6-7-13-25(24)26/h1-18H. The van der Waals surface area contributed by atoms with E-state index in [4.69, 9.17) is 4.74 Å². The molecule has 0 saturated heterocycles. The van der Waals surface area contributed by atoms with Gasteiger partial charge in [0.2, 0.25) is 0 Å². The fraction of sp³-hybridized carbons (Fsp3) is 0. The normalized spacial score (nSPS) is 11.0. The van der Waals surface area contributed by atoms with Crippen molar-refractivity contribution in [3.63, 3.8) is 0 Å². The van der Waals surface area contributed by atoms with Gasteiger partial charge in [-0.3, -0.25) is 0 Å². The number of hydrogen-bond donors (Lipinski definition) is 0. The second kappa shape index (κ2) is 6.62. The molecule has 1 heteroatoms. The molecule has 0 amide bonds. The minimum absolute atomic E-state index is 0.843. The lowest BCUT2D eigenvalue weighted by Crippen LogP contribution is -1.86. The van der Waals surface area contributed by atoms with E-state index in [0.717, 1.165) is 11.5 Å². The lowest BCUT2D eigenvalue weighted by Gasteiger charge is -2.12. The molecule has 0 aliphatic heterocycles. The molecule has 0 spiro atoms. The molecule has 1 nitrogen and oxygen atoms in total. The van der Waals surface area contributed by atoms with Crippen LogP contribution in [-0.2, 0) is 0 Å². The van der Waals surface area contributed by atoms with E-state index < -0.39 is 0 Å². The first-order chi connectivity index (χ1) is 13.4. The van der Waals surface area contributed by atoms with Crippen LogP contribution in [0.1, 0.15) is 0 Å². The van der Waals surface area contributed by atoms with Gasteiger partial charge in [-0.05, 0) is 63.0 Å². The van der Waals surface area contributed by atoms with Crippen molar-refractivity contribution in [2.75, 3.05) is 0 Å². The lowest BCUT2D eigenvalue weighted by atomic mass is 9.93. The van der Waals surface area contributed by atoms with Crippen LogP contribution < -0.4 is 4.74 Å². The topological polar surface area (TPSA) is 9.23 Å².